The quantitative estimate of drug-likeness (QED) is 0.551. The van der Waals surface area contributed by atoms with Crippen molar-refractivity contribution >= 4 is 11.6 Å². The van der Waals surface area contributed by atoms with Gasteiger partial charge in [-0.1, -0.05) is 18.2 Å². The molecule has 0 amide bonds. The molecule has 1 heterocycles. The summed E-state index contributed by atoms with van der Waals surface area (Å²) in [4.78, 5) is 7.01. The van der Waals surface area contributed by atoms with Crippen LogP contribution in [0.15, 0.2) is 47.5 Å². The predicted molar refractivity (Wildman–Crippen MR) is 117 cm³/mol. The third-order valence-corrected chi connectivity index (χ3v) is 5.26. The van der Waals surface area contributed by atoms with E-state index in [1.165, 1.54) is 5.69 Å². The number of guanidine groups is 1. The number of methoxy groups -OCH3 is 1. The normalized spacial score (nSPS) is 16.8. The summed E-state index contributed by atoms with van der Waals surface area (Å²) in [5, 5.41) is 6.72. The molecular formula is C23H31FN4O. The fourth-order valence-electron chi connectivity index (χ4n) is 3.53. The van der Waals surface area contributed by atoms with Gasteiger partial charge in [0, 0.05) is 37.9 Å². The molecule has 1 unspecified atom stereocenters. The molecule has 2 aromatic carbocycles. The molecule has 0 saturated carbocycles. The number of nitrogens with one attached hydrogen (secondary N) is 2. The van der Waals surface area contributed by atoms with Crippen LogP contribution < -0.4 is 20.3 Å². The predicted octanol–water partition coefficient (Wildman–Crippen LogP) is 3.72. The van der Waals surface area contributed by atoms with Gasteiger partial charge in [-0.25, -0.2) is 9.38 Å². The van der Waals surface area contributed by atoms with Crippen LogP contribution >= 0.6 is 0 Å². The third kappa shape index (κ3) is 5.86. The number of aliphatic imine (C=N–C) groups is 1. The Morgan fingerprint density at radius 1 is 1.24 bits per heavy atom. The van der Waals surface area contributed by atoms with E-state index in [9.17, 15) is 4.39 Å². The molecule has 3 rings (SSSR count). The minimum Gasteiger partial charge on any atom is -0.497 e. The number of benzene rings is 2. The van der Waals surface area contributed by atoms with Crippen molar-refractivity contribution in [2.75, 3.05) is 38.2 Å². The van der Waals surface area contributed by atoms with Crippen LogP contribution in [0.1, 0.15) is 24.5 Å². The average molecular weight is 399 g/mol. The molecule has 156 valence electrons. The number of hydrogen-bond donors (Lipinski definition) is 2. The number of halogens is 1. The monoisotopic (exact) mass is 398 g/mol. The first kappa shape index (κ1) is 21.0. The molecule has 5 nitrogen and oxygen atoms in total. The zero-order valence-corrected chi connectivity index (χ0v) is 17.5. The van der Waals surface area contributed by atoms with E-state index >= 15 is 0 Å². The van der Waals surface area contributed by atoms with E-state index in [1.54, 1.807) is 26.2 Å². The summed E-state index contributed by atoms with van der Waals surface area (Å²) < 4.78 is 19.1. The molecule has 1 aliphatic heterocycles. The van der Waals surface area contributed by atoms with Gasteiger partial charge in [-0.3, -0.25) is 0 Å². The fourth-order valence-corrected chi connectivity index (χ4v) is 3.53. The first-order valence-corrected chi connectivity index (χ1v) is 10.2. The highest BCUT2D eigenvalue weighted by atomic mass is 19.1. The third-order valence-electron chi connectivity index (χ3n) is 5.26. The van der Waals surface area contributed by atoms with Crippen LogP contribution in [-0.2, 0) is 6.54 Å². The van der Waals surface area contributed by atoms with Crippen molar-refractivity contribution in [2.45, 2.75) is 26.8 Å². The van der Waals surface area contributed by atoms with Crippen molar-refractivity contribution in [3.05, 3.63) is 59.4 Å². The molecule has 0 aromatic heterocycles. The number of ether oxygens (including phenoxy) is 1. The van der Waals surface area contributed by atoms with Crippen LogP contribution in [0.2, 0.25) is 0 Å². The summed E-state index contributed by atoms with van der Waals surface area (Å²) in [6.07, 6.45) is 1.13. The molecule has 0 spiro atoms. The summed E-state index contributed by atoms with van der Waals surface area (Å²) in [5.41, 5.74) is 2.73. The van der Waals surface area contributed by atoms with E-state index in [0.717, 1.165) is 49.9 Å². The van der Waals surface area contributed by atoms with Gasteiger partial charge in [0.1, 0.15) is 11.6 Å². The van der Waals surface area contributed by atoms with Gasteiger partial charge in [-0.05, 0) is 55.5 Å². The van der Waals surface area contributed by atoms with Gasteiger partial charge in [0.2, 0.25) is 0 Å². The lowest BCUT2D eigenvalue weighted by Gasteiger charge is -2.20. The Hall–Kier alpha value is -2.76. The average Bonchev–Trinajstić information content (AvgIpc) is 3.21. The van der Waals surface area contributed by atoms with E-state index in [2.05, 4.69) is 32.7 Å². The van der Waals surface area contributed by atoms with E-state index in [1.807, 2.05) is 25.1 Å². The first-order chi connectivity index (χ1) is 14.1. The van der Waals surface area contributed by atoms with E-state index < -0.39 is 0 Å². The first-order valence-electron chi connectivity index (χ1n) is 10.2. The number of rotatable bonds is 7. The Labute approximate surface area is 173 Å². The molecule has 1 aliphatic rings. The molecule has 0 bridgehead atoms. The molecule has 6 heteroatoms. The lowest BCUT2D eigenvalue weighted by molar-refractivity contribution is 0.415. The van der Waals surface area contributed by atoms with Crippen LogP contribution in [-0.4, -0.2) is 39.2 Å². The molecule has 0 radical (unpaired) electrons. The van der Waals surface area contributed by atoms with Gasteiger partial charge in [0.15, 0.2) is 5.96 Å². The minimum absolute atomic E-state index is 0.181. The van der Waals surface area contributed by atoms with Gasteiger partial charge >= 0.3 is 0 Å². The summed E-state index contributed by atoms with van der Waals surface area (Å²) in [6.45, 7) is 7.95. The Morgan fingerprint density at radius 3 is 2.86 bits per heavy atom. The summed E-state index contributed by atoms with van der Waals surface area (Å²) in [6, 6.07) is 13.5. The standard InChI is InChI=1S/C23H31FN4O/c1-4-25-23(26-14-18-9-8-17(2)22(24)12-18)27-15-19-10-11-28(16-19)20-6-5-7-21(13-20)29-3/h5-9,12-13,19H,4,10-11,14-16H2,1-3H3,(H2,25,26,27). The Bertz CT molecular complexity index is 839. The zero-order valence-electron chi connectivity index (χ0n) is 17.5. The second kappa shape index (κ2) is 10.1. The van der Waals surface area contributed by atoms with Crippen LogP contribution in [0.3, 0.4) is 0 Å². The lowest BCUT2D eigenvalue weighted by Crippen LogP contribution is -2.40. The molecule has 1 saturated heterocycles. The summed E-state index contributed by atoms with van der Waals surface area (Å²) in [7, 11) is 1.70. The van der Waals surface area contributed by atoms with Crippen LogP contribution in [0.5, 0.6) is 5.75 Å². The lowest BCUT2D eigenvalue weighted by atomic mass is 10.1. The number of hydrogen-bond acceptors (Lipinski definition) is 3. The van der Waals surface area contributed by atoms with Crippen molar-refractivity contribution in [1.29, 1.82) is 0 Å². The Morgan fingerprint density at radius 2 is 2.10 bits per heavy atom. The molecule has 2 N–H and O–H groups in total. The van der Waals surface area contributed by atoms with Crippen molar-refractivity contribution in [2.24, 2.45) is 10.9 Å². The van der Waals surface area contributed by atoms with Crippen molar-refractivity contribution < 1.29 is 9.13 Å². The zero-order chi connectivity index (χ0) is 20.6. The van der Waals surface area contributed by atoms with Gasteiger partial charge in [-0.15, -0.1) is 0 Å². The van der Waals surface area contributed by atoms with E-state index in [0.29, 0.717) is 18.0 Å². The maximum Gasteiger partial charge on any atom is 0.191 e. The van der Waals surface area contributed by atoms with E-state index in [-0.39, 0.29) is 5.82 Å². The van der Waals surface area contributed by atoms with Gasteiger partial charge in [0.25, 0.3) is 0 Å². The molecule has 1 atom stereocenters. The summed E-state index contributed by atoms with van der Waals surface area (Å²) in [5.74, 6) is 2.02. The largest absolute Gasteiger partial charge is 0.497 e. The molecule has 0 aliphatic carbocycles. The highest BCUT2D eigenvalue weighted by Crippen LogP contribution is 2.26. The second-order valence-electron chi connectivity index (χ2n) is 7.46. The highest BCUT2D eigenvalue weighted by molar-refractivity contribution is 5.79. The second-order valence-corrected chi connectivity index (χ2v) is 7.46. The maximum atomic E-state index is 13.7. The van der Waals surface area contributed by atoms with Crippen molar-refractivity contribution in [3.8, 4) is 5.75 Å². The van der Waals surface area contributed by atoms with Crippen LogP contribution in [0.4, 0.5) is 10.1 Å². The minimum atomic E-state index is -0.181. The number of anilines is 1. The molecule has 29 heavy (non-hydrogen) atoms. The molecule has 1 fully saturated rings. The van der Waals surface area contributed by atoms with E-state index in [4.69, 9.17) is 4.74 Å². The van der Waals surface area contributed by atoms with Crippen molar-refractivity contribution in [3.63, 3.8) is 0 Å². The van der Waals surface area contributed by atoms with Gasteiger partial charge in [0.05, 0.1) is 13.7 Å². The van der Waals surface area contributed by atoms with Crippen molar-refractivity contribution in [1.82, 2.24) is 10.6 Å². The Balaban J connectivity index is 1.54. The Kier molecular flexibility index (Phi) is 7.33. The van der Waals surface area contributed by atoms with Gasteiger partial charge in [-0.2, -0.15) is 0 Å². The van der Waals surface area contributed by atoms with Crippen LogP contribution in [0.25, 0.3) is 0 Å². The smallest absolute Gasteiger partial charge is 0.191 e. The van der Waals surface area contributed by atoms with Gasteiger partial charge < -0.3 is 20.3 Å². The molecular weight excluding hydrogens is 367 g/mol. The highest BCUT2D eigenvalue weighted by Gasteiger charge is 2.23. The fraction of sp³-hybridized carbons (Fsp3) is 0.435. The SMILES string of the molecule is CCNC(=NCc1ccc(C)c(F)c1)NCC1CCN(c2cccc(OC)c2)C1. The summed E-state index contributed by atoms with van der Waals surface area (Å²) >= 11 is 0. The number of nitrogens with zero attached hydrogens (tertiary/aromatic N) is 2. The topological polar surface area (TPSA) is 48.9 Å². The maximum absolute atomic E-state index is 13.7. The van der Waals surface area contributed by atoms with Crippen LogP contribution in [0, 0.1) is 18.7 Å². The molecule has 2 aromatic rings. The number of aryl methyl sites for hydroxylation is 1.